The molecule has 0 atom stereocenters. The summed E-state index contributed by atoms with van der Waals surface area (Å²) in [4.78, 5) is 0. The van der Waals surface area contributed by atoms with Gasteiger partial charge in [0.2, 0.25) is 0 Å². The molecule has 1 aromatic rings. The van der Waals surface area contributed by atoms with Crippen LogP contribution in [0.4, 0.5) is 0 Å². The molecule has 0 unspecified atom stereocenters. The molecule has 0 saturated carbocycles. The summed E-state index contributed by atoms with van der Waals surface area (Å²) in [6.07, 6.45) is 3.31. The molecule has 0 saturated heterocycles. The monoisotopic (exact) mass is 229 g/mol. The van der Waals surface area contributed by atoms with Gasteiger partial charge in [-0.2, -0.15) is 5.10 Å². The molecule has 0 aromatic carbocycles. The number of hydrogen-bond donors (Lipinski definition) is 1. The van der Waals surface area contributed by atoms with Crippen LogP contribution in [0, 0.1) is 6.92 Å². The van der Waals surface area contributed by atoms with Crippen LogP contribution in [0.5, 0.6) is 0 Å². The Morgan fingerprint density at radius 3 is 2.67 bits per heavy atom. The molecule has 0 amide bonds. The molecule has 1 heterocycles. The summed E-state index contributed by atoms with van der Waals surface area (Å²) in [6.45, 7) is 6.34. The molecule has 0 aliphatic heterocycles. The van der Waals surface area contributed by atoms with Crippen molar-refractivity contribution >= 4 is 11.6 Å². The molecule has 0 aliphatic carbocycles. The van der Waals surface area contributed by atoms with E-state index >= 15 is 0 Å². The summed E-state index contributed by atoms with van der Waals surface area (Å²) < 4.78 is 1.74. The fourth-order valence-electron chi connectivity index (χ4n) is 1.65. The average molecular weight is 230 g/mol. The lowest BCUT2D eigenvalue weighted by Crippen LogP contribution is -2.16. The number of hydrogen-bond acceptors (Lipinski definition) is 2. The zero-order valence-electron chi connectivity index (χ0n) is 9.81. The zero-order chi connectivity index (χ0) is 11.3. The highest BCUT2D eigenvalue weighted by atomic mass is 35.5. The zero-order valence-corrected chi connectivity index (χ0v) is 10.6. The smallest absolute Gasteiger partial charge is 0.130 e. The van der Waals surface area contributed by atoms with E-state index in [1.165, 1.54) is 12.0 Å². The van der Waals surface area contributed by atoms with E-state index in [9.17, 15) is 0 Å². The van der Waals surface area contributed by atoms with Gasteiger partial charge in [-0.05, 0) is 39.3 Å². The highest BCUT2D eigenvalue weighted by molar-refractivity contribution is 6.30. The summed E-state index contributed by atoms with van der Waals surface area (Å²) in [5, 5.41) is 8.45. The SMILES string of the molecule is CCCNCCCc1c(C)nn(C)c1Cl. The summed E-state index contributed by atoms with van der Waals surface area (Å²) in [6, 6.07) is 0. The molecular formula is C11H20ClN3. The molecule has 1 aromatic heterocycles. The van der Waals surface area contributed by atoms with Crippen LogP contribution >= 0.6 is 11.6 Å². The summed E-state index contributed by atoms with van der Waals surface area (Å²) in [5.74, 6) is 0. The maximum Gasteiger partial charge on any atom is 0.130 e. The topological polar surface area (TPSA) is 29.9 Å². The van der Waals surface area contributed by atoms with Gasteiger partial charge in [0.15, 0.2) is 0 Å². The average Bonchev–Trinajstić information content (AvgIpc) is 2.44. The number of aryl methyl sites for hydroxylation is 2. The number of rotatable bonds is 6. The number of nitrogens with one attached hydrogen (secondary N) is 1. The molecule has 86 valence electrons. The minimum Gasteiger partial charge on any atom is -0.317 e. The van der Waals surface area contributed by atoms with Crippen molar-refractivity contribution < 1.29 is 0 Å². The van der Waals surface area contributed by atoms with Crippen molar-refractivity contribution in [2.24, 2.45) is 7.05 Å². The van der Waals surface area contributed by atoms with Gasteiger partial charge in [-0.1, -0.05) is 18.5 Å². The quantitative estimate of drug-likeness (QED) is 0.759. The second kappa shape index (κ2) is 6.13. The van der Waals surface area contributed by atoms with E-state index in [-0.39, 0.29) is 0 Å². The Bertz CT molecular complexity index is 307. The molecule has 0 aliphatic rings. The fourth-order valence-corrected chi connectivity index (χ4v) is 1.92. The number of nitrogens with zero attached hydrogens (tertiary/aromatic N) is 2. The van der Waals surface area contributed by atoms with E-state index in [0.29, 0.717) is 0 Å². The Hall–Kier alpha value is -0.540. The Balaban J connectivity index is 2.37. The minimum atomic E-state index is 0.781. The van der Waals surface area contributed by atoms with Crippen LogP contribution in [0.1, 0.15) is 31.0 Å². The number of aromatic nitrogens is 2. The molecule has 4 heteroatoms. The third-order valence-electron chi connectivity index (χ3n) is 2.48. The summed E-state index contributed by atoms with van der Waals surface area (Å²) >= 11 is 6.13. The van der Waals surface area contributed by atoms with Gasteiger partial charge in [0, 0.05) is 12.6 Å². The van der Waals surface area contributed by atoms with Gasteiger partial charge in [0.1, 0.15) is 5.15 Å². The molecule has 1 N–H and O–H groups in total. The highest BCUT2D eigenvalue weighted by Gasteiger charge is 2.09. The molecule has 0 spiro atoms. The van der Waals surface area contributed by atoms with Gasteiger partial charge in [0.25, 0.3) is 0 Å². The van der Waals surface area contributed by atoms with Crippen molar-refractivity contribution in [1.82, 2.24) is 15.1 Å². The van der Waals surface area contributed by atoms with Gasteiger partial charge < -0.3 is 5.32 Å². The maximum atomic E-state index is 6.13. The van der Waals surface area contributed by atoms with E-state index in [2.05, 4.69) is 17.3 Å². The second-order valence-corrected chi connectivity index (χ2v) is 4.19. The van der Waals surface area contributed by atoms with Crippen LogP contribution in [-0.4, -0.2) is 22.9 Å². The largest absolute Gasteiger partial charge is 0.317 e. The second-order valence-electron chi connectivity index (χ2n) is 3.83. The molecular weight excluding hydrogens is 210 g/mol. The van der Waals surface area contributed by atoms with Gasteiger partial charge in [-0.15, -0.1) is 0 Å². The van der Waals surface area contributed by atoms with E-state index < -0.39 is 0 Å². The molecule has 3 nitrogen and oxygen atoms in total. The van der Waals surface area contributed by atoms with Crippen molar-refractivity contribution in [3.05, 3.63) is 16.4 Å². The van der Waals surface area contributed by atoms with Crippen LogP contribution in [0.25, 0.3) is 0 Å². The van der Waals surface area contributed by atoms with Crippen molar-refractivity contribution in [2.75, 3.05) is 13.1 Å². The standard InChI is InChI=1S/C11H20ClN3/c1-4-7-13-8-5-6-10-9(2)14-15(3)11(10)12/h13H,4-8H2,1-3H3. The Labute approximate surface area is 96.8 Å². The van der Waals surface area contributed by atoms with Gasteiger partial charge in [0.05, 0.1) is 5.69 Å². The Kier molecular flexibility index (Phi) is 5.12. The van der Waals surface area contributed by atoms with Crippen LogP contribution < -0.4 is 5.32 Å². The Morgan fingerprint density at radius 1 is 1.40 bits per heavy atom. The summed E-state index contributed by atoms with van der Waals surface area (Å²) in [5.41, 5.74) is 2.25. The lowest BCUT2D eigenvalue weighted by molar-refractivity contribution is 0.639. The third kappa shape index (κ3) is 3.50. The van der Waals surface area contributed by atoms with Crippen LogP contribution in [0.3, 0.4) is 0 Å². The molecule has 0 bridgehead atoms. The van der Waals surface area contributed by atoms with E-state index in [0.717, 1.165) is 36.8 Å². The predicted octanol–water partition coefficient (Wildman–Crippen LogP) is 2.31. The first-order valence-corrected chi connectivity index (χ1v) is 5.93. The molecule has 0 radical (unpaired) electrons. The van der Waals surface area contributed by atoms with Gasteiger partial charge in [-0.3, -0.25) is 4.68 Å². The molecule has 15 heavy (non-hydrogen) atoms. The van der Waals surface area contributed by atoms with Crippen molar-refractivity contribution in [3.63, 3.8) is 0 Å². The van der Waals surface area contributed by atoms with E-state index in [1.807, 2.05) is 14.0 Å². The first-order valence-electron chi connectivity index (χ1n) is 5.55. The summed E-state index contributed by atoms with van der Waals surface area (Å²) in [7, 11) is 1.88. The van der Waals surface area contributed by atoms with E-state index in [1.54, 1.807) is 4.68 Å². The van der Waals surface area contributed by atoms with Crippen molar-refractivity contribution in [3.8, 4) is 0 Å². The van der Waals surface area contributed by atoms with Crippen LogP contribution in [-0.2, 0) is 13.5 Å². The highest BCUT2D eigenvalue weighted by Crippen LogP contribution is 2.19. The predicted molar refractivity (Wildman–Crippen MR) is 64.4 cm³/mol. The first-order chi connectivity index (χ1) is 7.16. The van der Waals surface area contributed by atoms with Crippen LogP contribution in [0.15, 0.2) is 0 Å². The third-order valence-corrected chi connectivity index (χ3v) is 2.95. The molecule has 0 fully saturated rings. The Morgan fingerprint density at radius 2 is 2.13 bits per heavy atom. The fraction of sp³-hybridized carbons (Fsp3) is 0.727. The van der Waals surface area contributed by atoms with Gasteiger partial charge in [-0.25, -0.2) is 0 Å². The molecule has 1 rings (SSSR count). The number of halogens is 1. The maximum absolute atomic E-state index is 6.13. The van der Waals surface area contributed by atoms with Crippen LogP contribution in [0.2, 0.25) is 5.15 Å². The normalized spacial score (nSPS) is 10.9. The van der Waals surface area contributed by atoms with Crippen molar-refractivity contribution in [2.45, 2.75) is 33.1 Å². The lowest BCUT2D eigenvalue weighted by Gasteiger charge is -2.02. The first kappa shape index (κ1) is 12.5. The van der Waals surface area contributed by atoms with E-state index in [4.69, 9.17) is 11.6 Å². The minimum absolute atomic E-state index is 0.781. The van der Waals surface area contributed by atoms with Gasteiger partial charge >= 0.3 is 0 Å². The van der Waals surface area contributed by atoms with Crippen molar-refractivity contribution in [1.29, 1.82) is 0 Å². The lowest BCUT2D eigenvalue weighted by atomic mass is 10.1.